The predicted molar refractivity (Wildman–Crippen MR) is 77.5 cm³/mol. The Labute approximate surface area is 127 Å². The first-order chi connectivity index (χ1) is 10.7. The third-order valence-electron chi connectivity index (χ3n) is 4.06. The van der Waals surface area contributed by atoms with Crippen molar-refractivity contribution in [2.45, 2.75) is 43.8 Å². The van der Waals surface area contributed by atoms with E-state index in [2.05, 4.69) is 25.9 Å². The van der Waals surface area contributed by atoms with E-state index >= 15 is 0 Å². The summed E-state index contributed by atoms with van der Waals surface area (Å²) in [6.07, 6.45) is 2.54. The Morgan fingerprint density at radius 3 is 2.68 bits per heavy atom. The number of benzene rings is 1. The number of carbonyl (C=O) groups is 1. The van der Waals surface area contributed by atoms with Crippen molar-refractivity contribution in [3.63, 3.8) is 0 Å². The topological polar surface area (TPSA) is 83.6 Å². The Morgan fingerprint density at radius 1 is 1.32 bits per heavy atom. The highest BCUT2D eigenvalue weighted by Gasteiger charge is 2.42. The van der Waals surface area contributed by atoms with Crippen LogP contribution in [0.2, 0.25) is 0 Å². The molecule has 1 aliphatic carbocycles. The average Bonchev–Trinajstić information content (AvgIpc) is 3.20. The van der Waals surface area contributed by atoms with Crippen LogP contribution in [0.1, 0.15) is 43.1 Å². The number of aromatic amines is 1. The van der Waals surface area contributed by atoms with Crippen LogP contribution in [0.25, 0.3) is 0 Å². The monoisotopic (exact) mass is 303 g/mol. The summed E-state index contributed by atoms with van der Waals surface area (Å²) in [5, 5.41) is 16.5. The second kappa shape index (κ2) is 6.21. The largest absolute Gasteiger partial charge is 0.343 e. The Kier molecular flexibility index (Phi) is 4.13. The first kappa shape index (κ1) is 14.6. The molecule has 1 saturated carbocycles. The fourth-order valence-corrected chi connectivity index (χ4v) is 2.82. The second-order valence-electron chi connectivity index (χ2n) is 5.66. The van der Waals surface area contributed by atoms with Crippen molar-refractivity contribution in [2.75, 3.05) is 0 Å². The number of rotatable bonds is 5. The van der Waals surface area contributed by atoms with Gasteiger partial charge in [-0.3, -0.25) is 4.79 Å². The molecule has 6 nitrogen and oxygen atoms in total. The lowest BCUT2D eigenvalue weighted by molar-refractivity contribution is -0.133. The molecule has 1 fully saturated rings. The summed E-state index contributed by atoms with van der Waals surface area (Å²) in [7, 11) is 0. The number of alkyl halides is 1. The van der Waals surface area contributed by atoms with E-state index in [0.29, 0.717) is 12.2 Å². The van der Waals surface area contributed by atoms with Crippen molar-refractivity contribution in [3.05, 3.63) is 41.7 Å². The zero-order valence-electron chi connectivity index (χ0n) is 12.1. The van der Waals surface area contributed by atoms with Crippen molar-refractivity contribution >= 4 is 5.91 Å². The van der Waals surface area contributed by atoms with Gasteiger partial charge in [-0.15, -0.1) is 10.2 Å². The molecular formula is C15H18FN5O. The maximum atomic E-state index is 14.6. The van der Waals surface area contributed by atoms with Crippen LogP contribution in [0.5, 0.6) is 0 Å². The number of H-pyrrole nitrogens is 1. The van der Waals surface area contributed by atoms with Crippen molar-refractivity contribution in [2.24, 2.45) is 0 Å². The van der Waals surface area contributed by atoms with Crippen molar-refractivity contribution in [3.8, 4) is 0 Å². The van der Waals surface area contributed by atoms with Crippen molar-refractivity contribution in [1.82, 2.24) is 25.9 Å². The molecule has 1 atom stereocenters. The number of carbonyl (C=O) groups excluding carboxylic acids is 1. The summed E-state index contributed by atoms with van der Waals surface area (Å²) in [4.78, 5) is 12.3. The molecule has 0 aliphatic heterocycles. The van der Waals surface area contributed by atoms with E-state index in [-0.39, 0.29) is 12.8 Å². The van der Waals surface area contributed by atoms with Crippen LogP contribution >= 0.6 is 0 Å². The number of hydrogen-bond acceptors (Lipinski definition) is 4. The lowest BCUT2D eigenvalue weighted by Crippen LogP contribution is -2.43. The van der Waals surface area contributed by atoms with E-state index in [1.807, 2.05) is 30.3 Å². The summed E-state index contributed by atoms with van der Waals surface area (Å²) in [5.41, 5.74) is -0.754. The third-order valence-corrected chi connectivity index (χ3v) is 4.06. The maximum absolute atomic E-state index is 14.6. The minimum atomic E-state index is -1.77. The van der Waals surface area contributed by atoms with Crippen molar-refractivity contribution in [1.29, 1.82) is 0 Å². The van der Waals surface area contributed by atoms with Crippen molar-refractivity contribution < 1.29 is 9.18 Å². The predicted octanol–water partition coefficient (Wildman–Crippen LogP) is 1.88. The number of aromatic nitrogens is 4. The first-order valence-corrected chi connectivity index (χ1v) is 7.44. The highest BCUT2D eigenvalue weighted by Crippen LogP contribution is 2.34. The van der Waals surface area contributed by atoms with E-state index in [1.165, 1.54) is 0 Å². The third kappa shape index (κ3) is 3.13. The summed E-state index contributed by atoms with van der Waals surface area (Å²) >= 11 is 0. The van der Waals surface area contributed by atoms with Crippen LogP contribution in [0.3, 0.4) is 0 Å². The van der Waals surface area contributed by atoms with Gasteiger partial charge in [0.05, 0.1) is 6.04 Å². The molecule has 1 amide bonds. The Bertz CT molecular complexity index is 610. The number of nitrogens with zero attached hydrogens (tertiary/aromatic N) is 3. The standard InChI is InChI=1S/C15H18FN5O/c16-15(8-4-5-9-15)14(22)17-12(13-18-20-21-19-13)10-11-6-2-1-3-7-11/h1-3,6-7,12H,4-5,8-10H2,(H,17,22)(H,18,19,20,21). The van der Waals surface area contributed by atoms with Gasteiger partial charge in [-0.1, -0.05) is 35.5 Å². The molecule has 7 heteroatoms. The minimum Gasteiger partial charge on any atom is -0.343 e. The Morgan fingerprint density at radius 2 is 2.05 bits per heavy atom. The summed E-state index contributed by atoms with van der Waals surface area (Å²) in [6.45, 7) is 0. The van der Waals surface area contributed by atoms with Crippen LogP contribution < -0.4 is 5.32 Å². The summed E-state index contributed by atoms with van der Waals surface area (Å²) in [5.74, 6) is -0.213. The molecule has 0 spiro atoms. The molecule has 1 unspecified atom stereocenters. The lowest BCUT2D eigenvalue weighted by atomic mass is 10.0. The second-order valence-corrected chi connectivity index (χ2v) is 5.66. The number of hydrogen-bond donors (Lipinski definition) is 2. The van der Waals surface area contributed by atoms with E-state index in [1.54, 1.807) is 0 Å². The van der Waals surface area contributed by atoms with Gasteiger partial charge in [0.1, 0.15) is 0 Å². The van der Waals surface area contributed by atoms with Crippen LogP contribution in [-0.4, -0.2) is 32.2 Å². The van der Waals surface area contributed by atoms with Crippen LogP contribution in [0.4, 0.5) is 4.39 Å². The Balaban J connectivity index is 1.76. The Hall–Kier alpha value is -2.31. The van der Waals surface area contributed by atoms with E-state index in [0.717, 1.165) is 18.4 Å². The van der Waals surface area contributed by atoms with Gasteiger partial charge < -0.3 is 5.32 Å². The van der Waals surface area contributed by atoms with Gasteiger partial charge in [0.25, 0.3) is 5.91 Å². The minimum absolute atomic E-state index is 0.281. The van der Waals surface area contributed by atoms with Gasteiger partial charge in [0.15, 0.2) is 11.5 Å². The first-order valence-electron chi connectivity index (χ1n) is 7.44. The van der Waals surface area contributed by atoms with Gasteiger partial charge >= 0.3 is 0 Å². The number of tetrazole rings is 1. The van der Waals surface area contributed by atoms with Gasteiger partial charge in [0.2, 0.25) is 0 Å². The van der Waals surface area contributed by atoms with Gasteiger partial charge in [-0.05, 0) is 31.2 Å². The van der Waals surface area contributed by atoms with Crippen LogP contribution in [0.15, 0.2) is 30.3 Å². The molecule has 2 aromatic rings. The molecule has 3 rings (SSSR count). The lowest BCUT2D eigenvalue weighted by Gasteiger charge is -2.22. The average molecular weight is 303 g/mol. The SMILES string of the molecule is O=C(NC(Cc1ccccc1)c1nn[nH]n1)C1(F)CCCC1. The molecule has 22 heavy (non-hydrogen) atoms. The molecule has 0 radical (unpaired) electrons. The molecular weight excluding hydrogens is 285 g/mol. The molecule has 1 aromatic heterocycles. The molecule has 116 valence electrons. The quantitative estimate of drug-likeness (QED) is 0.883. The molecule has 1 heterocycles. The number of halogens is 1. The van der Waals surface area contributed by atoms with E-state index in [4.69, 9.17) is 0 Å². The highest BCUT2D eigenvalue weighted by molar-refractivity contribution is 5.85. The van der Waals surface area contributed by atoms with Crippen LogP contribution in [-0.2, 0) is 11.2 Å². The zero-order valence-corrected chi connectivity index (χ0v) is 12.1. The normalized spacial score (nSPS) is 18.0. The van der Waals surface area contributed by atoms with E-state index in [9.17, 15) is 9.18 Å². The summed E-state index contributed by atoms with van der Waals surface area (Å²) < 4.78 is 14.6. The van der Waals surface area contributed by atoms with Gasteiger partial charge in [-0.2, -0.15) is 5.21 Å². The zero-order chi connectivity index (χ0) is 15.4. The molecule has 1 aliphatic rings. The smallest absolute Gasteiger partial charge is 0.258 e. The molecule has 0 saturated heterocycles. The highest BCUT2D eigenvalue weighted by atomic mass is 19.1. The summed E-state index contributed by atoms with van der Waals surface area (Å²) in [6, 6.07) is 9.14. The van der Waals surface area contributed by atoms with Crippen LogP contribution in [0, 0.1) is 0 Å². The number of nitrogens with one attached hydrogen (secondary N) is 2. The number of amides is 1. The van der Waals surface area contributed by atoms with Gasteiger partial charge in [-0.25, -0.2) is 4.39 Å². The molecule has 0 bridgehead atoms. The molecule has 2 N–H and O–H groups in total. The molecule has 1 aromatic carbocycles. The fourth-order valence-electron chi connectivity index (χ4n) is 2.82. The van der Waals surface area contributed by atoms with Gasteiger partial charge in [0, 0.05) is 6.42 Å². The maximum Gasteiger partial charge on any atom is 0.258 e. The van der Waals surface area contributed by atoms with E-state index < -0.39 is 17.6 Å². The fraction of sp³-hybridized carbons (Fsp3) is 0.467.